The number of unbranched alkanes of at least 4 members (excludes halogenated alkanes) is 1. The standard InChI is InChI=1S/C16H24N2O3/c1-16(17,15(19)20)9-4-5-10-18-11-6-12-21-14-8-3-2-7-13(14)18/h2-3,7-8H,4-6,9-12,17H2,1H3,(H,19,20). The van der Waals surface area contributed by atoms with Crippen molar-refractivity contribution < 1.29 is 14.6 Å². The van der Waals surface area contributed by atoms with Crippen LogP contribution in [0, 0.1) is 0 Å². The van der Waals surface area contributed by atoms with Gasteiger partial charge in [0.2, 0.25) is 0 Å². The van der Waals surface area contributed by atoms with E-state index in [0.717, 1.165) is 50.4 Å². The van der Waals surface area contributed by atoms with Gasteiger partial charge in [-0.05, 0) is 44.7 Å². The molecule has 0 saturated heterocycles. The molecule has 116 valence electrons. The number of fused-ring (bicyclic) bond motifs is 1. The highest BCUT2D eigenvalue weighted by Gasteiger charge is 2.27. The van der Waals surface area contributed by atoms with Gasteiger partial charge in [0.1, 0.15) is 11.3 Å². The Bertz CT molecular complexity index is 488. The molecule has 0 radical (unpaired) electrons. The molecule has 21 heavy (non-hydrogen) atoms. The van der Waals surface area contributed by atoms with Crippen LogP contribution in [0.3, 0.4) is 0 Å². The zero-order valence-electron chi connectivity index (χ0n) is 12.5. The third kappa shape index (κ3) is 4.11. The summed E-state index contributed by atoms with van der Waals surface area (Å²) in [5.74, 6) is 0.000201. The van der Waals surface area contributed by atoms with Crippen molar-refractivity contribution in [3.05, 3.63) is 24.3 Å². The number of nitrogens with two attached hydrogens (primary N) is 1. The van der Waals surface area contributed by atoms with Crippen LogP contribution in [0.1, 0.15) is 32.6 Å². The largest absolute Gasteiger partial charge is 0.491 e. The second kappa shape index (κ2) is 6.80. The van der Waals surface area contributed by atoms with E-state index in [-0.39, 0.29) is 0 Å². The number of carboxylic acids is 1. The fraction of sp³-hybridized carbons (Fsp3) is 0.562. The lowest BCUT2D eigenvalue weighted by Crippen LogP contribution is -2.44. The molecule has 3 N–H and O–H groups in total. The summed E-state index contributed by atoms with van der Waals surface area (Å²) in [6, 6.07) is 8.07. The number of rotatable bonds is 6. The van der Waals surface area contributed by atoms with Crippen LogP contribution in [0.25, 0.3) is 0 Å². The van der Waals surface area contributed by atoms with Crippen LogP contribution in [-0.4, -0.2) is 36.3 Å². The molecule has 0 saturated carbocycles. The fourth-order valence-electron chi connectivity index (χ4n) is 2.53. The molecule has 1 heterocycles. The SMILES string of the molecule is CC(N)(CCCCN1CCCOc2ccccc21)C(=O)O. The van der Waals surface area contributed by atoms with E-state index in [1.165, 1.54) is 0 Å². The van der Waals surface area contributed by atoms with Crippen LogP contribution >= 0.6 is 0 Å². The van der Waals surface area contributed by atoms with Gasteiger partial charge in [-0.3, -0.25) is 4.79 Å². The maximum absolute atomic E-state index is 11.0. The van der Waals surface area contributed by atoms with Crippen molar-refractivity contribution in [3.63, 3.8) is 0 Å². The summed E-state index contributed by atoms with van der Waals surface area (Å²) < 4.78 is 5.73. The summed E-state index contributed by atoms with van der Waals surface area (Å²) in [5, 5.41) is 9.00. The summed E-state index contributed by atoms with van der Waals surface area (Å²) in [5.41, 5.74) is 5.75. The minimum atomic E-state index is -1.13. The van der Waals surface area contributed by atoms with Gasteiger partial charge < -0.3 is 20.5 Å². The first kappa shape index (κ1) is 15.6. The molecule has 0 aromatic heterocycles. The minimum absolute atomic E-state index is 0.494. The van der Waals surface area contributed by atoms with Gasteiger partial charge in [-0.15, -0.1) is 0 Å². The maximum Gasteiger partial charge on any atom is 0.323 e. The Morgan fingerprint density at radius 3 is 2.95 bits per heavy atom. The Morgan fingerprint density at radius 2 is 2.19 bits per heavy atom. The van der Waals surface area contributed by atoms with Crippen LogP contribution < -0.4 is 15.4 Å². The van der Waals surface area contributed by atoms with Gasteiger partial charge in [-0.25, -0.2) is 0 Å². The number of nitrogens with zero attached hydrogens (tertiary/aromatic N) is 1. The van der Waals surface area contributed by atoms with E-state index in [1.54, 1.807) is 6.92 Å². The molecule has 0 spiro atoms. The van der Waals surface area contributed by atoms with E-state index >= 15 is 0 Å². The number of carbonyl (C=O) groups is 1. The van der Waals surface area contributed by atoms with Gasteiger partial charge in [0.25, 0.3) is 0 Å². The molecule has 5 nitrogen and oxygen atoms in total. The predicted molar refractivity (Wildman–Crippen MR) is 82.8 cm³/mol. The Labute approximate surface area is 125 Å². The molecule has 2 rings (SSSR count). The minimum Gasteiger partial charge on any atom is -0.491 e. The number of aliphatic carboxylic acids is 1. The topological polar surface area (TPSA) is 75.8 Å². The molecule has 0 bridgehead atoms. The second-order valence-electron chi connectivity index (χ2n) is 5.84. The first-order chi connectivity index (χ1) is 10.0. The zero-order chi connectivity index (χ0) is 15.3. The molecule has 0 fully saturated rings. The second-order valence-corrected chi connectivity index (χ2v) is 5.84. The number of hydrogen-bond acceptors (Lipinski definition) is 4. The molecule has 1 atom stereocenters. The Balaban J connectivity index is 1.87. The molecule has 0 aliphatic carbocycles. The van der Waals surface area contributed by atoms with Gasteiger partial charge in [0.05, 0.1) is 12.3 Å². The van der Waals surface area contributed by atoms with Crippen LogP contribution in [-0.2, 0) is 4.79 Å². The number of ether oxygens (including phenoxy) is 1. The van der Waals surface area contributed by atoms with Crippen molar-refractivity contribution in [1.29, 1.82) is 0 Å². The number of benzene rings is 1. The molecule has 5 heteroatoms. The number of para-hydroxylation sites is 2. The van der Waals surface area contributed by atoms with Gasteiger partial charge in [0.15, 0.2) is 0 Å². The van der Waals surface area contributed by atoms with Gasteiger partial charge in [0, 0.05) is 13.1 Å². The highest BCUT2D eigenvalue weighted by Crippen LogP contribution is 2.30. The van der Waals surface area contributed by atoms with E-state index in [2.05, 4.69) is 11.0 Å². The smallest absolute Gasteiger partial charge is 0.323 e. The monoisotopic (exact) mass is 292 g/mol. The van der Waals surface area contributed by atoms with Crippen molar-refractivity contribution >= 4 is 11.7 Å². The number of carboxylic acid groups (broad SMARTS) is 1. The third-order valence-electron chi connectivity index (χ3n) is 3.90. The molecule has 1 unspecified atom stereocenters. The maximum atomic E-state index is 11.0. The van der Waals surface area contributed by atoms with Crippen LogP contribution in [0.4, 0.5) is 5.69 Å². The van der Waals surface area contributed by atoms with E-state index in [4.69, 9.17) is 15.6 Å². The Hall–Kier alpha value is -1.75. The molecule has 1 aliphatic heterocycles. The first-order valence-electron chi connectivity index (χ1n) is 7.50. The van der Waals surface area contributed by atoms with Crippen molar-refractivity contribution in [3.8, 4) is 5.75 Å². The van der Waals surface area contributed by atoms with Crippen LogP contribution in [0.5, 0.6) is 5.75 Å². The molecule has 1 aromatic carbocycles. The number of anilines is 1. The molecule has 1 aromatic rings. The quantitative estimate of drug-likeness (QED) is 0.786. The van der Waals surface area contributed by atoms with Crippen LogP contribution in [0.15, 0.2) is 24.3 Å². The van der Waals surface area contributed by atoms with E-state index in [0.29, 0.717) is 6.42 Å². The van der Waals surface area contributed by atoms with Crippen molar-refractivity contribution in [2.45, 2.75) is 38.1 Å². The predicted octanol–water partition coefficient (Wildman–Crippen LogP) is 2.25. The lowest BCUT2D eigenvalue weighted by Gasteiger charge is -2.24. The van der Waals surface area contributed by atoms with Crippen molar-refractivity contribution in [2.24, 2.45) is 5.73 Å². The summed E-state index contributed by atoms with van der Waals surface area (Å²) in [6.07, 6.45) is 3.22. The zero-order valence-corrected chi connectivity index (χ0v) is 12.5. The molecule has 1 aliphatic rings. The molecular formula is C16H24N2O3. The summed E-state index contributed by atoms with van der Waals surface area (Å²) >= 11 is 0. The van der Waals surface area contributed by atoms with Gasteiger partial charge in [-0.1, -0.05) is 12.1 Å². The van der Waals surface area contributed by atoms with Crippen molar-refractivity contribution in [1.82, 2.24) is 0 Å². The summed E-state index contributed by atoms with van der Waals surface area (Å²) in [7, 11) is 0. The molecule has 0 amide bonds. The third-order valence-corrected chi connectivity index (χ3v) is 3.90. The lowest BCUT2D eigenvalue weighted by atomic mass is 9.96. The fourth-order valence-corrected chi connectivity index (χ4v) is 2.53. The van der Waals surface area contributed by atoms with Crippen LogP contribution in [0.2, 0.25) is 0 Å². The summed E-state index contributed by atoms with van der Waals surface area (Å²) in [6.45, 7) is 4.18. The van der Waals surface area contributed by atoms with E-state index in [9.17, 15) is 4.79 Å². The normalized spacial score (nSPS) is 17.3. The van der Waals surface area contributed by atoms with Crippen molar-refractivity contribution in [2.75, 3.05) is 24.6 Å². The van der Waals surface area contributed by atoms with Gasteiger partial charge in [-0.2, -0.15) is 0 Å². The Morgan fingerprint density at radius 1 is 1.43 bits per heavy atom. The average Bonchev–Trinajstić information content (AvgIpc) is 2.66. The lowest BCUT2D eigenvalue weighted by molar-refractivity contribution is -0.142. The highest BCUT2D eigenvalue weighted by molar-refractivity contribution is 5.77. The van der Waals surface area contributed by atoms with E-state index in [1.807, 2.05) is 18.2 Å². The number of hydrogen-bond donors (Lipinski definition) is 2. The highest BCUT2D eigenvalue weighted by atomic mass is 16.5. The Kier molecular flexibility index (Phi) is 5.07. The molecular weight excluding hydrogens is 268 g/mol. The van der Waals surface area contributed by atoms with Gasteiger partial charge >= 0.3 is 5.97 Å². The first-order valence-corrected chi connectivity index (χ1v) is 7.50. The van der Waals surface area contributed by atoms with E-state index < -0.39 is 11.5 Å². The average molecular weight is 292 g/mol. The summed E-state index contributed by atoms with van der Waals surface area (Å²) in [4.78, 5) is 13.3.